The van der Waals surface area contributed by atoms with E-state index in [0.29, 0.717) is 24.3 Å². The molecule has 0 heterocycles. The maximum Gasteiger partial charge on any atom is 0.573 e. The quantitative estimate of drug-likeness (QED) is 0.458. The van der Waals surface area contributed by atoms with Gasteiger partial charge in [0.25, 0.3) is 0 Å². The van der Waals surface area contributed by atoms with Gasteiger partial charge in [-0.25, -0.2) is 0 Å². The fourth-order valence-corrected chi connectivity index (χ4v) is 2.17. The third-order valence-electron chi connectivity index (χ3n) is 3.22. The van der Waals surface area contributed by atoms with E-state index in [9.17, 15) is 44.3 Å². The van der Waals surface area contributed by atoms with Gasteiger partial charge in [0.05, 0.1) is 11.1 Å². The predicted molar refractivity (Wildman–Crippen MR) is 74.0 cm³/mol. The molecule has 2 rings (SSSR count). The first kappa shape index (κ1) is 20.6. The van der Waals surface area contributed by atoms with Crippen molar-refractivity contribution in [1.29, 1.82) is 0 Å². The molecule has 0 bridgehead atoms. The Bertz CT molecular complexity index is 816. The SMILES string of the molecule is O=Cc1cc(OC(F)(F)F)cc(-c2cc(C(F)(F)F)cc(C(F)(F)F)c2)c1. The van der Waals surface area contributed by atoms with Crippen LogP contribution in [0.15, 0.2) is 36.4 Å². The average molecular weight is 402 g/mol. The summed E-state index contributed by atoms with van der Waals surface area (Å²) in [6, 6.07) is 2.59. The Labute approximate surface area is 145 Å². The van der Waals surface area contributed by atoms with Crippen molar-refractivity contribution >= 4 is 6.29 Å². The summed E-state index contributed by atoms with van der Waals surface area (Å²) >= 11 is 0. The van der Waals surface area contributed by atoms with Gasteiger partial charge in [0.1, 0.15) is 12.0 Å². The predicted octanol–water partition coefficient (Wildman–Crippen LogP) is 6.10. The van der Waals surface area contributed by atoms with Gasteiger partial charge in [0.15, 0.2) is 0 Å². The van der Waals surface area contributed by atoms with Crippen LogP contribution in [0.3, 0.4) is 0 Å². The standard InChI is InChI=1S/C16H7F9O2/c17-14(18,19)11-3-10(4-12(6-11)15(20,21)22)9-1-8(7-26)2-13(5-9)27-16(23,24)25/h1-7H. The second-order valence-corrected chi connectivity index (χ2v) is 5.25. The molecule has 2 aromatic carbocycles. The first-order chi connectivity index (χ1) is 12.2. The van der Waals surface area contributed by atoms with Crippen molar-refractivity contribution in [2.45, 2.75) is 18.7 Å². The van der Waals surface area contributed by atoms with Gasteiger partial charge in [-0.3, -0.25) is 4.79 Å². The van der Waals surface area contributed by atoms with Crippen LogP contribution in [0.1, 0.15) is 21.5 Å². The topological polar surface area (TPSA) is 26.3 Å². The molecule has 0 atom stereocenters. The maximum absolute atomic E-state index is 12.9. The van der Waals surface area contributed by atoms with Gasteiger partial charge in [-0.2, -0.15) is 26.3 Å². The van der Waals surface area contributed by atoms with Gasteiger partial charge in [-0.1, -0.05) is 0 Å². The summed E-state index contributed by atoms with van der Waals surface area (Å²) in [4.78, 5) is 10.9. The number of carbonyl (C=O) groups is 1. The number of hydrogen-bond donors (Lipinski definition) is 0. The number of rotatable bonds is 3. The zero-order valence-corrected chi connectivity index (χ0v) is 12.8. The monoisotopic (exact) mass is 402 g/mol. The number of alkyl halides is 9. The molecule has 2 aromatic rings. The van der Waals surface area contributed by atoms with Crippen molar-refractivity contribution in [3.63, 3.8) is 0 Å². The van der Waals surface area contributed by atoms with Crippen LogP contribution in [0.25, 0.3) is 11.1 Å². The van der Waals surface area contributed by atoms with Crippen LogP contribution in [0.4, 0.5) is 39.5 Å². The molecule has 146 valence electrons. The summed E-state index contributed by atoms with van der Waals surface area (Å²) < 4.78 is 118. The Morgan fingerprint density at radius 1 is 0.667 bits per heavy atom. The number of halogens is 9. The normalized spacial score (nSPS) is 12.8. The number of aldehydes is 1. The van der Waals surface area contributed by atoms with E-state index in [1.807, 2.05) is 0 Å². The minimum atomic E-state index is -5.18. The second-order valence-electron chi connectivity index (χ2n) is 5.25. The number of hydrogen-bond acceptors (Lipinski definition) is 2. The highest BCUT2D eigenvalue weighted by atomic mass is 19.4. The van der Waals surface area contributed by atoms with Gasteiger partial charge in [-0.15, -0.1) is 13.2 Å². The van der Waals surface area contributed by atoms with Gasteiger partial charge >= 0.3 is 18.7 Å². The molecular weight excluding hydrogens is 395 g/mol. The highest BCUT2D eigenvalue weighted by molar-refractivity contribution is 5.80. The van der Waals surface area contributed by atoms with Gasteiger partial charge in [-0.05, 0) is 47.5 Å². The zero-order valence-electron chi connectivity index (χ0n) is 12.8. The molecule has 0 aromatic heterocycles. The first-order valence-corrected chi connectivity index (χ1v) is 6.85. The molecule has 27 heavy (non-hydrogen) atoms. The van der Waals surface area contributed by atoms with E-state index in [-0.39, 0.29) is 12.4 Å². The summed E-state index contributed by atoms with van der Waals surface area (Å²) in [7, 11) is 0. The molecule has 0 aliphatic rings. The zero-order chi connectivity index (χ0) is 20.6. The molecular formula is C16H7F9O2. The van der Waals surface area contributed by atoms with E-state index in [2.05, 4.69) is 4.74 Å². The second kappa shape index (κ2) is 6.78. The largest absolute Gasteiger partial charge is 0.573 e. The lowest BCUT2D eigenvalue weighted by atomic mass is 9.97. The Kier molecular flexibility index (Phi) is 5.17. The van der Waals surface area contributed by atoms with E-state index in [1.165, 1.54) is 0 Å². The Morgan fingerprint density at radius 3 is 1.56 bits per heavy atom. The molecule has 0 unspecified atom stereocenters. The van der Waals surface area contributed by atoms with E-state index in [1.54, 1.807) is 0 Å². The number of carbonyl (C=O) groups excluding carboxylic acids is 1. The summed E-state index contributed by atoms with van der Waals surface area (Å²) in [5.74, 6) is -0.965. The molecule has 0 saturated heterocycles. The lowest BCUT2D eigenvalue weighted by molar-refractivity contribution is -0.274. The van der Waals surface area contributed by atoms with Crippen LogP contribution in [-0.2, 0) is 12.4 Å². The van der Waals surface area contributed by atoms with Crippen LogP contribution < -0.4 is 4.74 Å². The van der Waals surface area contributed by atoms with Crippen LogP contribution in [0.5, 0.6) is 5.75 Å². The molecule has 0 fully saturated rings. The minimum Gasteiger partial charge on any atom is -0.406 e. The lowest BCUT2D eigenvalue weighted by Crippen LogP contribution is -2.17. The molecule has 0 radical (unpaired) electrons. The molecule has 11 heteroatoms. The summed E-state index contributed by atoms with van der Waals surface area (Å²) in [6.45, 7) is 0. The van der Waals surface area contributed by atoms with E-state index in [4.69, 9.17) is 0 Å². The highest BCUT2D eigenvalue weighted by Crippen LogP contribution is 2.39. The fraction of sp³-hybridized carbons (Fsp3) is 0.188. The van der Waals surface area contributed by atoms with Crippen molar-refractivity contribution in [2.24, 2.45) is 0 Å². The Morgan fingerprint density at radius 2 is 1.15 bits per heavy atom. The average Bonchev–Trinajstić information content (AvgIpc) is 2.50. The highest BCUT2D eigenvalue weighted by Gasteiger charge is 2.37. The third-order valence-corrected chi connectivity index (χ3v) is 3.22. The molecule has 0 aliphatic heterocycles. The van der Waals surface area contributed by atoms with Crippen molar-refractivity contribution in [3.05, 3.63) is 53.1 Å². The maximum atomic E-state index is 12.9. The number of benzene rings is 2. The van der Waals surface area contributed by atoms with Crippen molar-refractivity contribution in [3.8, 4) is 16.9 Å². The van der Waals surface area contributed by atoms with Crippen LogP contribution >= 0.6 is 0 Å². The van der Waals surface area contributed by atoms with Gasteiger partial charge < -0.3 is 4.74 Å². The van der Waals surface area contributed by atoms with Crippen LogP contribution in [0, 0.1) is 0 Å². The Hall–Kier alpha value is -2.72. The number of ether oxygens (including phenoxy) is 1. The molecule has 0 amide bonds. The van der Waals surface area contributed by atoms with Crippen molar-refractivity contribution in [2.75, 3.05) is 0 Å². The molecule has 2 nitrogen and oxygen atoms in total. The lowest BCUT2D eigenvalue weighted by Gasteiger charge is -2.15. The fourth-order valence-electron chi connectivity index (χ4n) is 2.17. The Balaban J connectivity index is 2.69. The summed E-state index contributed by atoms with van der Waals surface area (Å²) in [5.41, 5.74) is -4.91. The molecule has 0 spiro atoms. The third kappa shape index (κ3) is 5.38. The summed E-state index contributed by atoms with van der Waals surface area (Å²) in [6.07, 6.45) is -15.4. The molecule has 0 N–H and O–H groups in total. The molecule has 0 aliphatic carbocycles. The van der Waals surface area contributed by atoms with E-state index < -0.39 is 52.3 Å². The van der Waals surface area contributed by atoms with Crippen LogP contribution in [0.2, 0.25) is 0 Å². The minimum absolute atomic E-state index is 0.0744. The van der Waals surface area contributed by atoms with Crippen molar-refractivity contribution in [1.82, 2.24) is 0 Å². The summed E-state index contributed by atoms with van der Waals surface area (Å²) in [5, 5.41) is 0. The van der Waals surface area contributed by atoms with Gasteiger partial charge in [0, 0.05) is 5.56 Å². The smallest absolute Gasteiger partial charge is 0.406 e. The van der Waals surface area contributed by atoms with E-state index in [0.717, 1.165) is 6.07 Å². The molecule has 0 saturated carbocycles. The van der Waals surface area contributed by atoms with E-state index >= 15 is 0 Å². The van der Waals surface area contributed by atoms with Crippen LogP contribution in [-0.4, -0.2) is 12.6 Å². The first-order valence-electron chi connectivity index (χ1n) is 6.85. The van der Waals surface area contributed by atoms with Crippen molar-refractivity contribution < 1.29 is 49.0 Å². The van der Waals surface area contributed by atoms with Gasteiger partial charge in [0.2, 0.25) is 0 Å².